The van der Waals surface area contributed by atoms with Crippen molar-refractivity contribution in [3.63, 3.8) is 0 Å². The molecular formula is C11H19N5O. The average molecular weight is 237 g/mol. The predicted molar refractivity (Wildman–Crippen MR) is 67.8 cm³/mol. The van der Waals surface area contributed by atoms with E-state index >= 15 is 0 Å². The molecule has 0 saturated carbocycles. The van der Waals surface area contributed by atoms with Crippen LogP contribution in [0, 0.1) is 5.92 Å². The van der Waals surface area contributed by atoms with Gasteiger partial charge in [0.2, 0.25) is 11.9 Å². The summed E-state index contributed by atoms with van der Waals surface area (Å²) in [6.07, 6.45) is 1.64. The number of primary amides is 1. The highest BCUT2D eigenvalue weighted by atomic mass is 16.1. The first-order valence-electron chi connectivity index (χ1n) is 5.48. The Balaban J connectivity index is 2.86. The van der Waals surface area contributed by atoms with Crippen molar-refractivity contribution >= 4 is 17.7 Å². The van der Waals surface area contributed by atoms with Crippen LogP contribution in [0.1, 0.15) is 13.8 Å². The maximum atomic E-state index is 11.3. The van der Waals surface area contributed by atoms with E-state index in [1.807, 2.05) is 27.9 Å². The summed E-state index contributed by atoms with van der Waals surface area (Å²) in [7, 11) is 3.71. The van der Waals surface area contributed by atoms with Gasteiger partial charge in [-0.15, -0.1) is 0 Å². The Morgan fingerprint density at radius 3 is 2.59 bits per heavy atom. The molecule has 0 aliphatic heterocycles. The summed E-state index contributed by atoms with van der Waals surface area (Å²) >= 11 is 0. The molecule has 3 N–H and O–H groups in total. The number of nitrogens with one attached hydrogen (secondary N) is 1. The van der Waals surface area contributed by atoms with Crippen molar-refractivity contribution in [2.24, 2.45) is 11.7 Å². The van der Waals surface area contributed by atoms with Crippen LogP contribution < -0.4 is 16.0 Å². The second-order valence-electron chi connectivity index (χ2n) is 4.40. The Morgan fingerprint density at radius 2 is 2.12 bits per heavy atom. The van der Waals surface area contributed by atoms with Gasteiger partial charge in [-0.05, 0) is 12.0 Å². The standard InChI is InChI=1S/C11H19N5O/c1-7(2)9(10(12)17)14-8-5-6-13-11(15-8)16(3)4/h5-7,9H,1-4H3,(H2,12,17)(H,13,14,15). The molecule has 0 aliphatic carbocycles. The summed E-state index contributed by atoms with van der Waals surface area (Å²) in [6, 6.07) is 1.28. The van der Waals surface area contributed by atoms with E-state index in [4.69, 9.17) is 5.73 Å². The molecule has 1 heterocycles. The zero-order valence-corrected chi connectivity index (χ0v) is 10.6. The van der Waals surface area contributed by atoms with Crippen molar-refractivity contribution < 1.29 is 4.79 Å². The van der Waals surface area contributed by atoms with E-state index in [2.05, 4.69) is 15.3 Å². The fraction of sp³-hybridized carbons (Fsp3) is 0.545. The first-order valence-corrected chi connectivity index (χ1v) is 5.48. The summed E-state index contributed by atoms with van der Waals surface area (Å²) in [6.45, 7) is 3.85. The lowest BCUT2D eigenvalue weighted by Crippen LogP contribution is -2.39. The molecule has 0 fully saturated rings. The third kappa shape index (κ3) is 3.58. The zero-order chi connectivity index (χ0) is 13.0. The number of nitrogens with two attached hydrogens (primary N) is 1. The lowest BCUT2D eigenvalue weighted by molar-refractivity contribution is -0.119. The van der Waals surface area contributed by atoms with Gasteiger partial charge in [-0.1, -0.05) is 13.8 Å². The molecule has 0 aliphatic rings. The molecule has 17 heavy (non-hydrogen) atoms. The zero-order valence-electron chi connectivity index (χ0n) is 10.6. The summed E-state index contributed by atoms with van der Waals surface area (Å²) in [5.74, 6) is 0.901. The topological polar surface area (TPSA) is 84.1 Å². The minimum atomic E-state index is -0.431. The fourth-order valence-corrected chi connectivity index (χ4v) is 1.37. The number of anilines is 2. The number of amides is 1. The summed E-state index contributed by atoms with van der Waals surface area (Å²) in [5.41, 5.74) is 5.33. The van der Waals surface area contributed by atoms with Crippen LogP contribution >= 0.6 is 0 Å². The molecule has 6 heteroatoms. The molecule has 1 unspecified atom stereocenters. The highest BCUT2D eigenvalue weighted by Crippen LogP contribution is 2.12. The third-order valence-corrected chi connectivity index (χ3v) is 2.32. The van der Waals surface area contributed by atoms with Gasteiger partial charge < -0.3 is 16.0 Å². The molecule has 94 valence electrons. The average Bonchev–Trinajstić information content (AvgIpc) is 2.25. The van der Waals surface area contributed by atoms with E-state index in [0.717, 1.165) is 0 Å². The van der Waals surface area contributed by atoms with E-state index in [0.29, 0.717) is 11.8 Å². The molecule has 1 aromatic rings. The minimum Gasteiger partial charge on any atom is -0.368 e. The van der Waals surface area contributed by atoms with E-state index in [9.17, 15) is 4.79 Å². The fourth-order valence-electron chi connectivity index (χ4n) is 1.37. The Kier molecular flexibility index (Phi) is 4.25. The van der Waals surface area contributed by atoms with Crippen LogP contribution in [0.5, 0.6) is 0 Å². The molecular weight excluding hydrogens is 218 g/mol. The Bertz CT molecular complexity index is 391. The molecule has 1 amide bonds. The Hall–Kier alpha value is -1.85. The van der Waals surface area contributed by atoms with Crippen molar-refractivity contribution in [2.75, 3.05) is 24.3 Å². The number of rotatable bonds is 5. The third-order valence-electron chi connectivity index (χ3n) is 2.32. The Morgan fingerprint density at radius 1 is 1.47 bits per heavy atom. The quantitative estimate of drug-likeness (QED) is 0.777. The molecule has 0 radical (unpaired) electrons. The highest BCUT2D eigenvalue weighted by molar-refractivity contribution is 5.82. The summed E-state index contributed by atoms with van der Waals surface area (Å²) in [5, 5.41) is 3.02. The van der Waals surface area contributed by atoms with Crippen molar-refractivity contribution in [2.45, 2.75) is 19.9 Å². The van der Waals surface area contributed by atoms with Crippen molar-refractivity contribution in [3.05, 3.63) is 12.3 Å². The second kappa shape index (κ2) is 5.47. The van der Waals surface area contributed by atoms with Gasteiger partial charge in [0.1, 0.15) is 11.9 Å². The van der Waals surface area contributed by atoms with Crippen molar-refractivity contribution in [1.82, 2.24) is 9.97 Å². The number of aromatic nitrogens is 2. The van der Waals surface area contributed by atoms with Crippen molar-refractivity contribution in [3.8, 4) is 0 Å². The molecule has 0 saturated heterocycles. The van der Waals surface area contributed by atoms with Crippen LogP contribution in [0.25, 0.3) is 0 Å². The van der Waals surface area contributed by atoms with Crippen LogP contribution in [0.3, 0.4) is 0 Å². The van der Waals surface area contributed by atoms with Crippen LogP contribution in [-0.4, -0.2) is 36.0 Å². The van der Waals surface area contributed by atoms with E-state index in [1.54, 1.807) is 17.2 Å². The molecule has 0 spiro atoms. The number of hydrogen-bond donors (Lipinski definition) is 2. The van der Waals surface area contributed by atoms with E-state index < -0.39 is 6.04 Å². The van der Waals surface area contributed by atoms with Crippen LogP contribution in [0.2, 0.25) is 0 Å². The molecule has 0 bridgehead atoms. The van der Waals surface area contributed by atoms with Crippen LogP contribution in [0.15, 0.2) is 12.3 Å². The molecule has 6 nitrogen and oxygen atoms in total. The lowest BCUT2D eigenvalue weighted by Gasteiger charge is -2.20. The normalized spacial score (nSPS) is 12.3. The van der Waals surface area contributed by atoms with Gasteiger partial charge in [-0.25, -0.2) is 4.98 Å². The molecule has 1 atom stereocenters. The summed E-state index contributed by atoms with van der Waals surface area (Å²) in [4.78, 5) is 21.4. The van der Waals surface area contributed by atoms with Gasteiger partial charge in [-0.3, -0.25) is 4.79 Å². The number of hydrogen-bond acceptors (Lipinski definition) is 5. The maximum Gasteiger partial charge on any atom is 0.240 e. The first-order chi connectivity index (χ1) is 7.91. The van der Waals surface area contributed by atoms with Crippen molar-refractivity contribution in [1.29, 1.82) is 0 Å². The van der Waals surface area contributed by atoms with Gasteiger partial charge in [0.25, 0.3) is 0 Å². The van der Waals surface area contributed by atoms with Gasteiger partial charge in [0, 0.05) is 20.3 Å². The van der Waals surface area contributed by atoms with Gasteiger partial charge in [0.15, 0.2) is 0 Å². The maximum absolute atomic E-state index is 11.3. The lowest BCUT2D eigenvalue weighted by atomic mass is 10.0. The Labute approximate surface area is 101 Å². The SMILES string of the molecule is CC(C)C(Nc1ccnc(N(C)C)n1)C(N)=O. The van der Waals surface area contributed by atoms with E-state index in [-0.39, 0.29) is 11.8 Å². The van der Waals surface area contributed by atoms with Crippen LogP contribution in [0.4, 0.5) is 11.8 Å². The van der Waals surface area contributed by atoms with Crippen LogP contribution in [-0.2, 0) is 4.79 Å². The smallest absolute Gasteiger partial charge is 0.240 e. The second-order valence-corrected chi connectivity index (χ2v) is 4.40. The first kappa shape index (κ1) is 13.2. The molecule has 1 aromatic heterocycles. The largest absolute Gasteiger partial charge is 0.368 e. The monoisotopic (exact) mass is 237 g/mol. The van der Waals surface area contributed by atoms with Gasteiger partial charge in [0.05, 0.1) is 0 Å². The van der Waals surface area contributed by atoms with Gasteiger partial charge in [-0.2, -0.15) is 4.98 Å². The molecule has 0 aromatic carbocycles. The predicted octanol–water partition coefficient (Wildman–Crippen LogP) is 0.464. The number of nitrogens with zero attached hydrogens (tertiary/aromatic N) is 3. The number of carbonyl (C=O) groups is 1. The van der Waals surface area contributed by atoms with E-state index in [1.165, 1.54) is 0 Å². The summed E-state index contributed by atoms with van der Waals surface area (Å²) < 4.78 is 0. The number of carbonyl (C=O) groups excluding carboxylic acids is 1. The molecule has 1 rings (SSSR count). The minimum absolute atomic E-state index is 0.102. The highest BCUT2D eigenvalue weighted by Gasteiger charge is 2.19. The van der Waals surface area contributed by atoms with Gasteiger partial charge >= 0.3 is 0 Å².